The molecule has 2 rings (SSSR count). The first-order valence-corrected chi connectivity index (χ1v) is 6.05. The van der Waals surface area contributed by atoms with Crippen LogP contribution in [0.25, 0.3) is 0 Å². The Morgan fingerprint density at radius 3 is 2.69 bits per heavy atom. The van der Waals surface area contributed by atoms with Gasteiger partial charge in [0.2, 0.25) is 0 Å². The second kappa shape index (κ2) is 4.88. The van der Waals surface area contributed by atoms with Gasteiger partial charge in [0.05, 0.1) is 13.2 Å². The Morgan fingerprint density at radius 1 is 1.25 bits per heavy atom. The highest BCUT2D eigenvalue weighted by Crippen LogP contribution is 2.37. The maximum atomic E-state index is 10.1. The number of rotatable bonds is 2. The molecule has 1 aromatic carbocycles. The third-order valence-electron chi connectivity index (χ3n) is 3.51. The summed E-state index contributed by atoms with van der Waals surface area (Å²) in [5.74, 6) is 1.17. The van der Waals surface area contributed by atoms with Gasteiger partial charge in [-0.25, -0.2) is 0 Å². The first-order chi connectivity index (χ1) is 7.72. The summed E-state index contributed by atoms with van der Waals surface area (Å²) in [7, 11) is 1.70. The molecule has 88 valence electrons. The fourth-order valence-electron chi connectivity index (χ4n) is 2.62. The number of hydrogen-bond acceptors (Lipinski definition) is 2. The molecule has 2 heteroatoms. The largest absolute Gasteiger partial charge is 0.496 e. The van der Waals surface area contributed by atoms with Gasteiger partial charge in [-0.2, -0.15) is 0 Å². The van der Waals surface area contributed by atoms with Crippen LogP contribution in [-0.4, -0.2) is 18.3 Å². The minimum atomic E-state index is -0.204. The van der Waals surface area contributed by atoms with Crippen molar-refractivity contribution in [2.75, 3.05) is 7.11 Å². The minimum Gasteiger partial charge on any atom is -0.496 e. The number of methoxy groups -OCH3 is 1. The van der Waals surface area contributed by atoms with Crippen LogP contribution < -0.4 is 4.74 Å². The second-order valence-electron chi connectivity index (χ2n) is 4.70. The molecule has 0 heterocycles. The number of benzene rings is 1. The molecule has 1 fully saturated rings. The number of aryl methyl sites for hydroxylation is 1. The highest BCUT2D eigenvalue weighted by molar-refractivity contribution is 5.40. The molecule has 0 saturated heterocycles. The fraction of sp³-hybridized carbons (Fsp3) is 0.571. The predicted molar refractivity (Wildman–Crippen MR) is 64.9 cm³/mol. The van der Waals surface area contributed by atoms with Crippen LogP contribution in [0.3, 0.4) is 0 Å². The molecular formula is C14H20O2. The van der Waals surface area contributed by atoms with Crippen molar-refractivity contribution >= 4 is 0 Å². The zero-order chi connectivity index (χ0) is 11.5. The van der Waals surface area contributed by atoms with Crippen LogP contribution in [0.5, 0.6) is 5.75 Å². The summed E-state index contributed by atoms with van der Waals surface area (Å²) >= 11 is 0. The molecular weight excluding hydrogens is 200 g/mol. The zero-order valence-electron chi connectivity index (χ0n) is 10.1. The fourth-order valence-corrected chi connectivity index (χ4v) is 2.62. The van der Waals surface area contributed by atoms with E-state index in [4.69, 9.17) is 4.74 Å². The molecule has 1 saturated carbocycles. The topological polar surface area (TPSA) is 29.5 Å². The molecule has 1 aliphatic rings. The van der Waals surface area contributed by atoms with Gasteiger partial charge in [-0.1, -0.05) is 30.5 Å². The van der Waals surface area contributed by atoms with Crippen molar-refractivity contribution in [1.29, 1.82) is 0 Å². The number of ether oxygens (including phenoxy) is 1. The van der Waals surface area contributed by atoms with Crippen molar-refractivity contribution in [1.82, 2.24) is 0 Å². The second-order valence-corrected chi connectivity index (χ2v) is 4.70. The SMILES string of the molecule is COc1ccc(C)cc1C1CCCCC1O. The van der Waals surface area contributed by atoms with Crippen molar-refractivity contribution in [2.24, 2.45) is 0 Å². The average Bonchev–Trinajstić information content (AvgIpc) is 2.29. The van der Waals surface area contributed by atoms with E-state index in [-0.39, 0.29) is 12.0 Å². The van der Waals surface area contributed by atoms with Crippen LogP contribution in [0.15, 0.2) is 18.2 Å². The van der Waals surface area contributed by atoms with Gasteiger partial charge in [-0.05, 0) is 25.8 Å². The van der Waals surface area contributed by atoms with Crippen LogP contribution in [0.2, 0.25) is 0 Å². The lowest BCUT2D eigenvalue weighted by atomic mass is 9.81. The lowest BCUT2D eigenvalue weighted by Crippen LogP contribution is -2.23. The van der Waals surface area contributed by atoms with Crippen molar-refractivity contribution in [2.45, 2.75) is 44.6 Å². The summed E-state index contributed by atoms with van der Waals surface area (Å²) in [5.41, 5.74) is 2.41. The molecule has 0 amide bonds. The average molecular weight is 220 g/mol. The summed E-state index contributed by atoms with van der Waals surface area (Å²) < 4.78 is 5.39. The molecule has 0 aliphatic heterocycles. The van der Waals surface area contributed by atoms with E-state index in [0.717, 1.165) is 25.0 Å². The summed E-state index contributed by atoms with van der Waals surface area (Å²) in [6.45, 7) is 2.08. The predicted octanol–water partition coefficient (Wildman–Crippen LogP) is 3.02. The van der Waals surface area contributed by atoms with E-state index in [1.165, 1.54) is 17.5 Å². The number of aliphatic hydroxyl groups is 1. The first-order valence-electron chi connectivity index (χ1n) is 6.05. The van der Waals surface area contributed by atoms with Crippen LogP contribution in [0.1, 0.15) is 42.7 Å². The van der Waals surface area contributed by atoms with Gasteiger partial charge in [0.15, 0.2) is 0 Å². The van der Waals surface area contributed by atoms with Gasteiger partial charge in [0, 0.05) is 11.5 Å². The summed E-state index contributed by atoms with van der Waals surface area (Å²) in [4.78, 5) is 0. The van der Waals surface area contributed by atoms with E-state index in [1.54, 1.807) is 7.11 Å². The Labute approximate surface area is 97.3 Å². The Bertz CT molecular complexity index is 360. The molecule has 0 aromatic heterocycles. The molecule has 0 spiro atoms. The molecule has 2 nitrogen and oxygen atoms in total. The van der Waals surface area contributed by atoms with Crippen LogP contribution >= 0.6 is 0 Å². The van der Waals surface area contributed by atoms with Gasteiger partial charge in [0.25, 0.3) is 0 Å². The van der Waals surface area contributed by atoms with E-state index in [9.17, 15) is 5.11 Å². The summed E-state index contributed by atoms with van der Waals surface area (Å²) in [6, 6.07) is 6.21. The van der Waals surface area contributed by atoms with Crippen LogP contribution in [0.4, 0.5) is 0 Å². The van der Waals surface area contributed by atoms with Gasteiger partial charge in [-0.3, -0.25) is 0 Å². The third-order valence-corrected chi connectivity index (χ3v) is 3.51. The van der Waals surface area contributed by atoms with E-state index < -0.39 is 0 Å². The van der Waals surface area contributed by atoms with Crippen molar-refractivity contribution < 1.29 is 9.84 Å². The first kappa shape index (κ1) is 11.5. The summed E-state index contributed by atoms with van der Waals surface area (Å²) in [6.07, 6.45) is 4.14. The Morgan fingerprint density at radius 2 is 2.00 bits per heavy atom. The van der Waals surface area contributed by atoms with E-state index in [0.29, 0.717) is 0 Å². The molecule has 1 aromatic rings. The third kappa shape index (κ3) is 2.22. The Kier molecular flexibility index (Phi) is 3.49. The number of aliphatic hydroxyl groups excluding tert-OH is 1. The van der Waals surface area contributed by atoms with E-state index >= 15 is 0 Å². The van der Waals surface area contributed by atoms with Crippen molar-refractivity contribution in [3.63, 3.8) is 0 Å². The van der Waals surface area contributed by atoms with Gasteiger partial charge < -0.3 is 9.84 Å². The maximum absolute atomic E-state index is 10.1. The molecule has 1 N–H and O–H groups in total. The van der Waals surface area contributed by atoms with Crippen molar-refractivity contribution in [3.05, 3.63) is 29.3 Å². The quantitative estimate of drug-likeness (QED) is 0.830. The van der Waals surface area contributed by atoms with E-state index in [1.807, 2.05) is 6.07 Å². The Hall–Kier alpha value is -1.02. The van der Waals surface area contributed by atoms with Crippen LogP contribution in [0, 0.1) is 6.92 Å². The van der Waals surface area contributed by atoms with Crippen molar-refractivity contribution in [3.8, 4) is 5.75 Å². The Balaban J connectivity index is 2.33. The molecule has 16 heavy (non-hydrogen) atoms. The normalized spacial score (nSPS) is 25.4. The lowest BCUT2D eigenvalue weighted by molar-refractivity contribution is 0.105. The van der Waals surface area contributed by atoms with E-state index in [2.05, 4.69) is 19.1 Å². The molecule has 2 unspecified atom stereocenters. The number of hydrogen-bond donors (Lipinski definition) is 1. The highest BCUT2D eigenvalue weighted by Gasteiger charge is 2.26. The zero-order valence-corrected chi connectivity index (χ0v) is 10.1. The maximum Gasteiger partial charge on any atom is 0.122 e. The molecule has 2 atom stereocenters. The molecule has 0 bridgehead atoms. The minimum absolute atomic E-state index is 0.204. The monoisotopic (exact) mass is 220 g/mol. The van der Waals surface area contributed by atoms with Gasteiger partial charge >= 0.3 is 0 Å². The molecule has 1 aliphatic carbocycles. The summed E-state index contributed by atoms with van der Waals surface area (Å²) in [5, 5.41) is 10.1. The molecule has 0 radical (unpaired) electrons. The lowest BCUT2D eigenvalue weighted by Gasteiger charge is -2.29. The standard InChI is InChI=1S/C14H20O2/c1-10-7-8-14(16-2)12(9-10)11-5-3-4-6-13(11)15/h7-9,11,13,15H,3-6H2,1-2H3. The smallest absolute Gasteiger partial charge is 0.122 e. The van der Waals surface area contributed by atoms with Crippen LogP contribution in [-0.2, 0) is 0 Å². The van der Waals surface area contributed by atoms with Gasteiger partial charge in [-0.15, -0.1) is 0 Å². The van der Waals surface area contributed by atoms with Gasteiger partial charge in [0.1, 0.15) is 5.75 Å². The highest BCUT2D eigenvalue weighted by atomic mass is 16.5.